The van der Waals surface area contributed by atoms with E-state index in [0.29, 0.717) is 0 Å². The van der Waals surface area contributed by atoms with Crippen molar-refractivity contribution in [2.75, 3.05) is 0 Å². The third-order valence-electron chi connectivity index (χ3n) is 4.28. The van der Waals surface area contributed by atoms with Gasteiger partial charge < -0.3 is 4.57 Å². The molecule has 2 heteroatoms. The van der Waals surface area contributed by atoms with E-state index in [1.165, 1.54) is 0 Å². The molecule has 0 radical (unpaired) electrons. The highest BCUT2D eigenvalue weighted by molar-refractivity contribution is 5.79. The highest BCUT2D eigenvalue weighted by Gasteiger charge is 2.16. The number of nitrogens with zero attached hydrogens (tertiary/aromatic N) is 2. The van der Waals surface area contributed by atoms with Crippen LogP contribution in [-0.4, -0.2) is 9.55 Å². The lowest BCUT2D eigenvalue weighted by atomic mass is 10.1. The van der Waals surface area contributed by atoms with Gasteiger partial charge in [0, 0.05) is 23.7 Å². The van der Waals surface area contributed by atoms with Crippen molar-refractivity contribution in [2.45, 2.75) is 0 Å². The first-order valence-corrected chi connectivity index (χ1v) is 8.57. The van der Waals surface area contributed by atoms with Gasteiger partial charge in [0.05, 0.1) is 11.4 Å². The Balaban J connectivity index is 1.88. The Morgan fingerprint density at radius 1 is 0.654 bits per heavy atom. The molecule has 2 nitrogen and oxygen atoms in total. The monoisotopic (exact) mass is 334 g/mol. The summed E-state index contributed by atoms with van der Waals surface area (Å²) >= 11 is 0. The van der Waals surface area contributed by atoms with Gasteiger partial charge in [0.25, 0.3) is 0 Å². The van der Waals surface area contributed by atoms with Gasteiger partial charge in [-0.15, -0.1) is 0 Å². The van der Waals surface area contributed by atoms with Crippen molar-refractivity contribution in [2.24, 2.45) is 7.05 Å². The van der Waals surface area contributed by atoms with Crippen LogP contribution in [0, 0.1) is 11.8 Å². The van der Waals surface area contributed by atoms with Crippen molar-refractivity contribution in [3.8, 4) is 34.4 Å². The van der Waals surface area contributed by atoms with E-state index in [0.717, 1.165) is 33.9 Å². The fourth-order valence-corrected chi connectivity index (χ4v) is 2.98. The summed E-state index contributed by atoms with van der Waals surface area (Å²) in [6, 6.07) is 30.6. The summed E-state index contributed by atoms with van der Waals surface area (Å²) < 4.78 is 2.08. The zero-order chi connectivity index (χ0) is 17.8. The van der Waals surface area contributed by atoms with Crippen molar-refractivity contribution in [3.63, 3.8) is 0 Å². The second-order valence-electron chi connectivity index (χ2n) is 6.04. The minimum atomic E-state index is 0.756. The molecule has 0 spiro atoms. The largest absolute Gasteiger partial charge is 0.320 e. The van der Waals surface area contributed by atoms with Crippen LogP contribution in [0.1, 0.15) is 11.4 Å². The molecule has 0 atom stereocenters. The van der Waals surface area contributed by atoms with Crippen LogP contribution in [0.15, 0.2) is 91.0 Å². The maximum atomic E-state index is 4.86. The van der Waals surface area contributed by atoms with Gasteiger partial charge in [0.15, 0.2) is 5.82 Å². The first kappa shape index (κ1) is 15.9. The van der Waals surface area contributed by atoms with Crippen LogP contribution in [0.3, 0.4) is 0 Å². The van der Waals surface area contributed by atoms with E-state index in [1.54, 1.807) is 0 Å². The molecule has 0 bridgehead atoms. The van der Waals surface area contributed by atoms with Gasteiger partial charge in [-0.2, -0.15) is 0 Å². The second-order valence-corrected chi connectivity index (χ2v) is 6.04. The molecule has 4 aromatic rings. The number of hydrogen-bond acceptors (Lipinski definition) is 1. The number of rotatable bonds is 2. The molecule has 0 saturated carbocycles. The number of benzene rings is 3. The van der Waals surface area contributed by atoms with E-state index in [-0.39, 0.29) is 0 Å². The van der Waals surface area contributed by atoms with Crippen molar-refractivity contribution < 1.29 is 0 Å². The smallest absolute Gasteiger partial charge is 0.186 e. The first-order chi connectivity index (χ1) is 12.8. The van der Waals surface area contributed by atoms with Gasteiger partial charge in [-0.3, -0.25) is 0 Å². The number of imidazole rings is 1. The van der Waals surface area contributed by atoms with E-state index in [2.05, 4.69) is 40.7 Å². The zero-order valence-corrected chi connectivity index (χ0v) is 14.6. The minimum absolute atomic E-state index is 0.756. The number of hydrogen-bond donors (Lipinski definition) is 0. The summed E-state index contributed by atoms with van der Waals surface area (Å²) in [5, 5.41) is 0. The van der Waals surface area contributed by atoms with E-state index < -0.39 is 0 Å². The topological polar surface area (TPSA) is 17.8 Å². The molecule has 0 N–H and O–H groups in total. The van der Waals surface area contributed by atoms with Crippen LogP contribution in [0.5, 0.6) is 0 Å². The van der Waals surface area contributed by atoms with Crippen molar-refractivity contribution in [3.05, 3.63) is 102 Å². The predicted molar refractivity (Wildman–Crippen MR) is 107 cm³/mol. The van der Waals surface area contributed by atoms with Crippen LogP contribution in [0.2, 0.25) is 0 Å². The highest BCUT2D eigenvalue weighted by Crippen LogP contribution is 2.31. The average molecular weight is 334 g/mol. The van der Waals surface area contributed by atoms with Gasteiger partial charge in [0.2, 0.25) is 0 Å². The summed E-state index contributed by atoms with van der Waals surface area (Å²) in [4.78, 5) is 4.86. The van der Waals surface area contributed by atoms with Crippen LogP contribution >= 0.6 is 0 Å². The van der Waals surface area contributed by atoms with Crippen molar-refractivity contribution in [1.29, 1.82) is 0 Å². The standard InChI is InChI=1S/C24H18N2/c1-26-22(18-17-19-11-5-2-6-12-19)25-23(20-13-7-3-8-14-20)24(26)21-15-9-4-10-16-21/h2-16H,1H3. The Morgan fingerprint density at radius 3 is 1.81 bits per heavy atom. The molecule has 4 rings (SSSR count). The van der Waals surface area contributed by atoms with Gasteiger partial charge >= 0.3 is 0 Å². The number of aromatic nitrogens is 2. The molecular formula is C24H18N2. The van der Waals surface area contributed by atoms with Crippen LogP contribution < -0.4 is 0 Å². The Labute approximate surface area is 153 Å². The fourth-order valence-electron chi connectivity index (χ4n) is 2.98. The van der Waals surface area contributed by atoms with Crippen molar-refractivity contribution >= 4 is 0 Å². The second kappa shape index (κ2) is 7.13. The van der Waals surface area contributed by atoms with Crippen molar-refractivity contribution in [1.82, 2.24) is 9.55 Å². The Morgan fingerprint density at radius 2 is 1.19 bits per heavy atom. The fraction of sp³-hybridized carbons (Fsp3) is 0.0417. The molecule has 0 aliphatic carbocycles. The van der Waals surface area contributed by atoms with Crippen LogP contribution in [0.25, 0.3) is 22.5 Å². The summed E-state index contributed by atoms with van der Waals surface area (Å²) in [6.45, 7) is 0. The molecule has 26 heavy (non-hydrogen) atoms. The van der Waals surface area contributed by atoms with Gasteiger partial charge in [-0.25, -0.2) is 4.98 Å². The summed E-state index contributed by atoms with van der Waals surface area (Å²) in [7, 11) is 2.02. The van der Waals surface area contributed by atoms with Gasteiger partial charge in [0.1, 0.15) is 0 Å². The zero-order valence-electron chi connectivity index (χ0n) is 14.6. The average Bonchev–Trinajstić information content (AvgIpc) is 3.05. The molecule has 0 saturated heterocycles. The lowest BCUT2D eigenvalue weighted by Crippen LogP contribution is -1.96. The molecule has 0 amide bonds. The van der Waals surface area contributed by atoms with Gasteiger partial charge in [-0.05, 0) is 18.1 Å². The SMILES string of the molecule is Cn1c(C#Cc2ccccc2)nc(-c2ccccc2)c1-c1ccccc1. The van der Waals surface area contributed by atoms with Crippen LogP contribution in [0.4, 0.5) is 0 Å². The van der Waals surface area contributed by atoms with E-state index in [4.69, 9.17) is 4.98 Å². The molecule has 0 aliphatic heterocycles. The molecule has 124 valence electrons. The van der Waals surface area contributed by atoms with Crippen LogP contribution in [-0.2, 0) is 7.05 Å². The lowest BCUT2D eigenvalue weighted by molar-refractivity contribution is 0.901. The Hall–Kier alpha value is -3.57. The van der Waals surface area contributed by atoms with E-state index in [1.807, 2.05) is 73.8 Å². The molecule has 0 fully saturated rings. The summed E-state index contributed by atoms with van der Waals surface area (Å²) in [5.74, 6) is 7.20. The summed E-state index contributed by atoms with van der Waals surface area (Å²) in [6.07, 6.45) is 0. The maximum Gasteiger partial charge on any atom is 0.186 e. The minimum Gasteiger partial charge on any atom is -0.320 e. The third-order valence-corrected chi connectivity index (χ3v) is 4.28. The predicted octanol–water partition coefficient (Wildman–Crippen LogP) is 5.15. The Bertz CT molecular complexity index is 1070. The van der Waals surface area contributed by atoms with E-state index in [9.17, 15) is 0 Å². The maximum absolute atomic E-state index is 4.86. The first-order valence-electron chi connectivity index (χ1n) is 8.57. The third kappa shape index (κ3) is 3.16. The molecule has 3 aromatic carbocycles. The lowest BCUT2D eigenvalue weighted by Gasteiger charge is -2.06. The Kier molecular flexibility index (Phi) is 4.37. The van der Waals surface area contributed by atoms with E-state index >= 15 is 0 Å². The molecular weight excluding hydrogens is 316 g/mol. The summed E-state index contributed by atoms with van der Waals surface area (Å²) in [5.41, 5.74) is 5.24. The molecule has 0 unspecified atom stereocenters. The molecule has 1 heterocycles. The normalized spacial score (nSPS) is 10.2. The molecule has 1 aromatic heterocycles. The highest BCUT2D eigenvalue weighted by atomic mass is 15.1. The quantitative estimate of drug-likeness (QED) is 0.463. The van der Waals surface area contributed by atoms with Gasteiger partial charge in [-0.1, -0.05) is 84.8 Å². The molecule has 0 aliphatic rings.